The summed E-state index contributed by atoms with van der Waals surface area (Å²) < 4.78 is 17.9. The summed E-state index contributed by atoms with van der Waals surface area (Å²) in [5, 5.41) is 0. The molecule has 0 aromatic carbocycles. The molecule has 0 aliphatic carbocycles. The molecule has 0 amide bonds. The van der Waals surface area contributed by atoms with E-state index in [1.807, 2.05) is 6.92 Å². The van der Waals surface area contributed by atoms with Gasteiger partial charge in [0.05, 0.1) is 29.6 Å². The van der Waals surface area contributed by atoms with Gasteiger partial charge in [-0.3, -0.25) is 9.59 Å². The van der Waals surface area contributed by atoms with Crippen LogP contribution in [-0.4, -0.2) is 44.4 Å². The summed E-state index contributed by atoms with van der Waals surface area (Å²) in [6.45, 7) is 2.75. The minimum atomic E-state index is -0.766. The number of fused-ring (bicyclic) bond motifs is 1. The Kier molecular flexibility index (Phi) is 5.09. The van der Waals surface area contributed by atoms with E-state index in [0.717, 1.165) is 0 Å². The van der Waals surface area contributed by atoms with E-state index in [9.17, 15) is 9.59 Å². The van der Waals surface area contributed by atoms with Crippen LogP contribution in [0.5, 0.6) is 5.75 Å². The molecule has 1 aromatic heterocycles. The van der Waals surface area contributed by atoms with Gasteiger partial charge in [0.1, 0.15) is 5.69 Å². The molecule has 0 bridgehead atoms. The van der Waals surface area contributed by atoms with E-state index in [0.29, 0.717) is 29.7 Å². The SMILES string of the molecule is COCCC1(C)C(=O)c2c(OC)c(=O)c(Br)cn2CC1OC. The third-order valence-corrected chi connectivity index (χ3v) is 4.88. The lowest BCUT2D eigenvalue weighted by Crippen LogP contribution is -2.50. The highest BCUT2D eigenvalue weighted by Gasteiger charge is 2.48. The minimum absolute atomic E-state index is 0.0672. The van der Waals surface area contributed by atoms with Crippen LogP contribution in [0.1, 0.15) is 23.8 Å². The van der Waals surface area contributed by atoms with Gasteiger partial charge in [-0.05, 0) is 29.3 Å². The van der Waals surface area contributed by atoms with Crippen molar-refractivity contribution in [2.45, 2.75) is 26.0 Å². The Morgan fingerprint density at radius 1 is 1.36 bits per heavy atom. The first-order valence-corrected chi connectivity index (χ1v) is 7.73. The molecule has 0 saturated heterocycles. The summed E-state index contributed by atoms with van der Waals surface area (Å²) in [7, 11) is 4.57. The van der Waals surface area contributed by atoms with Crippen molar-refractivity contribution in [3.63, 3.8) is 0 Å². The van der Waals surface area contributed by atoms with Crippen molar-refractivity contribution < 1.29 is 19.0 Å². The summed E-state index contributed by atoms with van der Waals surface area (Å²) in [4.78, 5) is 25.3. The number of ketones is 1. The fourth-order valence-electron chi connectivity index (χ4n) is 2.89. The van der Waals surface area contributed by atoms with Crippen molar-refractivity contribution in [3.05, 3.63) is 26.6 Å². The van der Waals surface area contributed by atoms with Crippen LogP contribution >= 0.6 is 15.9 Å². The molecule has 0 saturated carbocycles. The van der Waals surface area contributed by atoms with Gasteiger partial charge in [-0.2, -0.15) is 0 Å². The van der Waals surface area contributed by atoms with Gasteiger partial charge in [0.15, 0.2) is 11.5 Å². The zero-order valence-electron chi connectivity index (χ0n) is 13.1. The Morgan fingerprint density at radius 2 is 2.05 bits per heavy atom. The topological polar surface area (TPSA) is 66.8 Å². The van der Waals surface area contributed by atoms with Crippen molar-refractivity contribution in [2.75, 3.05) is 27.9 Å². The van der Waals surface area contributed by atoms with Gasteiger partial charge in [-0.1, -0.05) is 0 Å². The number of methoxy groups -OCH3 is 3. The van der Waals surface area contributed by atoms with Gasteiger partial charge >= 0.3 is 0 Å². The Bertz CT molecular complexity index is 642. The predicted octanol–water partition coefficient (Wildman–Crippen LogP) is 1.87. The van der Waals surface area contributed by atoms with Gasteiger partial charge in [-0.15, -0.1) is 0 Å². The molecular weight excluding hydrogens is 354 g/mol. The molecule has 1 aromatic rings. The Hall–Kier alpha value is -1.18. The number of aromatic nitrogens is 1. The molecular formula is C15H20BrNO5. The van der Waals surface area contributed by atoms with Crippen LogP contribution < -0.4 is 10.2 Å². The summed E-state index contributed by atoms with van der Waals surface area (Å²) in [6, 6.07) is 0. The zero-order chi connectivity index (χ0) is 16.5. The molecule has 2 rings (SSSR count). The number of carbonyl (C=O) groups excluding carboxylic acids is 1. The lowest BCUT2D eigenvalue weighted by molar-refractivity contribution is -0.0262. The predicted molar refractivity (Wildman–Crippen MR) is 84.7 cm³/mol. The lowest BCUT2D eigenvalue weighted by Gasteiger charge is -2.40. The van der Waals surface area contributed by atoms with E-state index in [-0.39, 0.29) is 23.1 Å². The van der Waals surface area contributed by atoms with Crippen molar-refractivity contribution in [2.24, 2.45) is 5.41 Å². The molecule has 7 heteroatoms. The molecule has 1 aliphatic rings. The Morgan fingerprint density at radius 3 is 2.59 bits per heavy atom. The summed E-state index contributed by atoms with van der Waals surface area (Å²) >= 11 is 3.21. The standard InChI is InChI=1S/C15H20BrNO5/c1-15(5-6-20-2)10(21-3)8-17-7-9(16)12(18)13(22-4)11(17)14(15)19/h7,10H,5-6,8H2,1-4H3. The van der Waals surface area contributed by atoms with Crippen LogP contribution in [0.2, 0.25) is 0 Å². The van der Waals surface area contributed by atoms with Crippen molar-refractivity contribution >= 4 is 21.7 Å². The maximum atomic E-state index is 13.1. The van der Waals surface area contributed by atoms with E-state index in [4.69, 9.17) is 14.2 Å². The molecule has 6 nitrogen and oxygen atoms in total. The van der Waals surface area contributed by atoms with Crippen molar-refractivity contribution in [1.29, 1.82) is 0 Å². The third kappa shape index (κ3) is 2.61. The Balaban J connectivity index is 2.63. The van der Waals surface area contributed by atoms with Crippen LogP contribution in [0.15, 0.2) is 15.5 Å². The lowest BCUT2D eigenvalue weighted by atomic mass is 9.73. The fraction of sp³-hybridized carbons (Fsp3) is 0.600. The molecule has 2 unspecified atom stereocenters. The maximum absolute atomic E-state index is 13.1. The van der Waals surface area contributed by atoms with Gasteiger partial charge in [0.2, 0.25) is 5.43 Å². The quantitative estimate of drug-likeness (QED) is 0.787. The second-order valence-corrected chi connectivity index (χ2v) is 6.41. The van der Waals surface area contributed by atoms with E-state index in [1.54, 1.807) is 25.0 Å². The number of carbonyl (C=O) groups is 1. The third-order valence-electron chi connectivity index (χ3n) is 4.32. The number of pyridine rings is 1. The first kappa shape index (κ1) is 17.2. The highest BCUT2D eigenvalue weighted by atomic mass is 79.9. The molecule has 2 heterocycles. The number of Topliss-reactive ketones (excluding diaryl/α,β-unsaturated/α-hetero) is 1. The molecule has 0 fully saturated rings. The van der Waals surface area contributed by atoms with E-state index in [2.05, 4.69) is 15.9 Å². The van der Waals surface area contributed by atoms with Gasteiger partial charge in [-0.25, -0.2) is 0 Å². The van der Waals surface area contributed by atoms with Crippen LogP contribution in [0.3, 0.4) is 0 Å². The summed E-state index contributed by atoms with van der Waals surface area (Å²) in [6.07, 6.45) is 1.82. The monoisotopic (exact) mass is 373 g/mol. The van der Waals surface area contributed by atoms with Gasteiger partial charge in [0.25, 0.3) is 0 Å². The highest BCUT2D eigenvalue weighted by molar-refractivity contribution is 9.10. The van der Waals surface area contributed by atoms with E-state index < -0.39 is 5.41 Å². The number of hydrogen-bond acceptors (Lipinski definition) is 5. The zero-order valence-corrected chi connectivity index (χ0v) is 14.7. The van der Waals surface area contributed by atoms with E-state index in [1.165, 1.54) is 7.11 Å². The second kappa shape index (κ2) is 6.52. The molecule has 1 aliphatic heterocycles. The van der Waals surface area contributed by atoms with Crippen LogP contribution in [-0.2, 0) is 16.0 Å². The molecule has 0 spiro atoms. The molecule has 2 atom stereocenters. The summed E-state index contributed by atoms with van der Waals surface area (Å²) in [5.74, 6) is -0.0957. The van der Waals surface area contributed by atoms with Crippen molar-refractivity contribution in [3.8, 4) is 5.75 Å². The van der Waals surface area contributed by atoms with Crippen molar-refractivity contribution in [1.82, 2.24) is 4.57 Å². The number of rotatable bonds is 5. The molecule has 22 heavy (non-hydrogen) atoms. The minimum Gasteiger partial charge on any atom is -0.491 e. The normalized spacial score (nSPS) is 24.2. The first-order valence-electron chi connectivity index (χ1n) is 6.94. The number of nitrogens with zero attached hydrogens (tertiary/aromatic N) is 1. The number of ether oxygens (including phenoxy) is 3. The average Bonchev–Trinajstić information content (AvgIpc) is 2.51. The second-order valence-electron chi connectivity index (χ2n) is 5.55. The van der Waals surface area contributed by atoms with Crippen LogP contribution in [0, 0.1) is 5.41 Å². The van der Waals surface area contributed by atoms with Gasteiger partial charge in [0, 0.05) is 27.0 Å². The molecule has 0 radical (unpaired) electrons. The molecule has 122 valence electrons. The molecule has 0 N–H and O–H groups in total. The van der Waals surface area contributed by atoms with E-state index >= 15 is 0 Å². The average molecular weight is 374 g/mol. The largest absolute Gasteiger partial charge is 0.491 e. The maximum Gasteiger partial charge on any atom is 0.238 e. The first-order chi connectivity index (χ1) is 10.4. The van der Waals surface area contributed by atoms with Crippen LogP contribution in [0.4, 0.5) is 0 Å². The van der Waals surface area contributed by atoms with Gasteiger partial charge < -0.3 is 18.8 Å². The highest BCUT2D eigenvalue weighted by Crippen LogP contribution is 2.39. The fourth-order valence-corrected chi connectivity index (χ4v) is 3.32. The number of hydrogen-bond donors (Lipinski definition) is 0. The smallest absolute Gasteiger partial charge is 0.238 e. The Labute approximate surface area is 137 Å². The number of halogens is 1. The summed E-state index contributed by atoms with van der Waals surface area (Å²) in [5.41, 5.74) is -0.798. The van der Waals surface area contributed by atoms with Crippen LogP contribution in [0.25, 0.3) is 0 Å².